The zero-order chi connectivity index (χ0) is 16.5. The van der Waals surface area contributed by atoms with Crippen LogP contribution < -0.4 is 10.1 Å². The number of hydrogen-bond donors (Lipinski definition) is 1. The van der Waals surface area contributed by atoms with Gasteiger partial charge in [0.2, 0.25) is 0 Å². The van der Waals surface area contributed by atoms with Crippen LogP contribution in [0.5, 0.6) is 5.75 Å². The molecule has 0 unspecified atom stereocenters. The van der Waals surface area contributed by atoms with Crippen molar-refractivity contribution in [3.05, 3.63) is 65.2 Å². The Labute approximate surface area is 135 Å². The molecule has 0 heterocycles. The second-order valence-electron chi connectivity index (χ2n) is 4.97. The molecule has 0 aliphatic carbocycles. The Morgan fingerprint density at radius 2 is 1.91 bits per heavy atom. The number of ether oxygens (including phenoxy) is 2. The molecule has 0 bridgehead atoms. The molecule has 1 amide bonds. The van der Waals surface area contributed by atoms with Gasteiger partial charge in [0.25, 0.3) is 5.91 Å². The Balaban J connectivity index is 1.83. The van der Waals surface area contributed by atoms with Crippen LogP contribution in [0.1, 0.15) is 21.5 Å². The van der Waals surface area contributed by atoms with E-state index in [1.165, 1.54) is 0 Å². The summed E-state index contributed by atoms with van der Waals surface area (Å²) in [5, 5.41) is 2.78. The van der Waals surface area contributed by atoms with Gasteiger partial charge in [-0.1, -0.05) is 36.4 Å². The van der Waals surface area contributed by atoms with Crippen molar-refractivity contribution in [2.24, 2.45) is 0 Å². The van der Waals surface area contributed by atoms with Crippen molar-refractivity contribution in [3.63, 3.8) is 0 Å². The van der Waals surface area contributed by atoms with Crippen molar-refractivity contribution in [2.75, 3.05) is 13.7 Å². The van der Waals surface area contributed by atoms with Crippen LogP contribution in [0.25, 0.3) is 0 Å². The molecule has 0 radical (unpaired) electrons. The van der Waals surface area contributed by atoms with Crippen LogP contribution >= 0.6 is 0 Å². The number of carbonyl (C=O) groups excluding carboxylic acids is 2. The van der Waals surface area contributed by atoms with Gasteiger partial charge in [-0.05, 0) is 23.3 Å². The molecule has 5 nitrogen and oxygen atoms in total. The summed E-state index contributed by atoms with van der Waals surface area (Å²) in [5.74, 6) is 0.155. The van der Waals surface area contributed by atoms with E-state index in [1.54, 1.807) is 31.4 Å². The predicted molar refractivity (Wildman–Crippen MR) is 86.3 cm³/mol. The maximum atomic E-state index is 11.9. The van der Waals surface area contributed by atoms with Crippen LogP contribution in [0.15, 0.2) is 48.5 Å². The summed E-state index contributed by atoms with van der Waals surface area (Å²) in [4.78, 5) is 22.7. The first-order valence-electron chi connectivity index (χ1n) is 7.23. The standard InChI is InChI=1S/C18H19NO4/c1-22-12-15-6-4-5-14(9-15)10-19-18(21)13-23-17-8-3-2-7-16(17)11-20/h2-9,11H,10,12-13H2,1H3,(H,19,21). The number of para-hydroxylation sites is 1. The van der Waals surface area contributed by atoms with Crippen LogP contribution in [0.3, 0.4) is 0 Å². The highest BCUT2D eigenvalue weighted by Crippen LogP contribution is 2.15. The molecule has 1 N–H and O–H groups in total. The second kappa shape index (κ2) is 8.70. The number of aldehydes is 1. The minimum Gasteiger partial charge on any atom is -0.483 e. The largest absolute Gasteiger partial charge is 0.483 e. The Hall–Kier alpha value is -2.66. The lowest BCUT2D eigenvalue weighted by atomic mass is 10.1. The van der Waals surface area contributed by atoms with Crippen LogP contribution in [0.4, 0.5) is 0 Å². The molecular weight excluding hydrogens is 294 g/mol. The molecule has 0 fully saturated rings. The van der Waals surface area contributed by atoms with Crippen LogP contribution in [0, 0.1) is 0 Å². The van der Waals surface area contributed by atoms with Gasteiger partial charge in [-0.3, -0.25) is 9.59 Å². The van der Waals surface area contributed by atoms with Gasteiger partial charge < -0.3 is 14.8 Å². The summed E-state index contributed by atoms with van der Waals surface area (Å²) in [5.41, 5.74) is 2.46. The monoisotopic (exact) mass is 313 g/mol. The maximum absolute atomic E-state index is 11.9. The van der Waals surface area contributed by atoms with Crippen molar-refractivity contribution in [2.45, 2.75) is 13.2 Å². The van der Waals surface area contributed by atoms with Gasteiger partial charge in [-0.2, -0.15) is 0 Å². The van der Waals surface area contributed by atoms with E-state index in [4.69, 9.17) is 9.47 Å². The van der Waals surface area contributed by atoms with Crippen molar-refractivity contribution < 1.29 is 19.1 Å². The zero-order valence-electron chi connectivity index (χ0n) is 13.0. The van der Waals surface area contributed by atoms with Gasteiger partial charge in [-0.15, -0.1) is 0 Å². The Bertz CT molecular complexity index is 670. The quantitative estimate of drug-likeness (QED) is 0.760. The zero-order valence-corrected chi connectivity index (χ0v) is 13.0. The van der Waals surface area contributed by atoms with Crippen LogP contribution in [-0.2, 0) is 22.7 Å². The van der Waals surface area contributed by atoms with E-state index in [0.29, 0.717) is 30.8 Å². The third kappa shape index (κ3) is 5.23. The summed E-state index contributed by atoms with van der Waals surface area (Å²) in [7, 11) is 1.64. The molecule has 23 heavy (non-hydrogen) atoms. The smallest absolute Gasteiger partial charge is 0.258 e. The van der Waals surface area contributed by atoms with E-state index >= 15 is 0 Å². The molecule has 120 valence electrons. The number of rotatable bonds is 8. The minimum absolute atomic E-state index is 0.136. The predicted octanol–water partition coefficient (Wildman–Crippen LogP) is 2.34. The van der Waals surface area contributed by atoms with Gasteiger partial charge >= 0.3 is 0 Å². The topological polar surface area (TPSA) is 64.6 Å². The minimum atomic E-state index is -0.247. The highest BCUT2D eigenvalue weighted by molar-refractivity contribution is 5.80. The van der Waals surface area contributed by atoms with Gasteiger partial charge in [0, 0.05) is 13.7 Å². The van der Waals surface area contributed by atoms with Crippen molar-refractivity contribution in [1.82, 2.24) is 5.32 Å². The fourth-order valence-electron chi connectivity index (χ4n) is 2.10. The second-order valence-corrected chi connectivity index (χ2v) is 4.97. The molecule has 2 aromatic carbocycles. The van der Waals surface area contributed by atoms with E-state index in [1.807, 2.05) is 24.3 Å². The fraction of sp³-hybridized carbons (Fsp3) is 0.222. The van der Waals surface area contributed by atoms with E-state index in [0.717, 1.165) is 11.1 Å². The Kier molecular flexibility index (Phi) is 6.32. The van der Waals surface area contributed by atoms with Gasteiger partial charge in [0.05, 0.1) is 12.2 Å². The number of nitrogens with one attached hydrogen (secondary N) is 1. The van der Waals surface area contributed by atoms with E-state index in [-0.39, 0.29) is 12.5 Å². The molecule has 0 saturated carbocycles. The highest BCUT2D eigenvalue weighted by atomic mass is 16.5. The number of benzene rings is 2. The lowest BCUT2D eigenvalue weighted by Crippen LogP contribution is -2.28. The molecule has 2 aromatic rings. The number of methoxy groups -OCH3 is 1. The van der Waals surface area contributed by atoms with Gasteiger partial charge in [-0.25, -0.2) is 0 Å². The average molecular weight is 313 g/mol. The summed E-state index contributed by atoms with van der Waals surface area (Å²) >= 11 is 0. The molecule has 0 aliphatic rings. The molecule has 0 atom stereocenters. The van der Waals surface area contributed by atoms with E-state index in [9.17, 15) is 9.59 Å². The van der Waals surface area contributed by atoms with Crippen molar-refractivity contribution >= 4 is 12.2 Å². The molecule has 5 heteroatoms. The number of hydrogen-bond acceptors (Lipinski definition) is 4. The van der Waals surface area contributed by atoms with Gasteiger partial charge in [0.15, 0.2) is 12.9 Å². The average Bonchev–Trinajstić information content (AvgIpc) is 2.59. The summed E-state index contributed by atoms with van der Waals surface area (Å²) in [6.45, 7) is 0.811. The third-order valence-corrected chi connectivity index (χ3v) is 3.20. The van der Waals surface area contributed by atoms with E-state index in [2.05, 4.69) is 5.32 Å². The Morgan fingerprint density at radius 3 is 2.70 bits per heavy atom. The van der Waals surface area contributed by atoms with Crippen LogP contribution in [0.2, 0.25) is 0 Å². The molecule has 0 aliphatic heterocycles. The molecule has 0 saturated heterocycles. The molecule has 2 rings (SSSR count). The van der Waals surface area contributed by atoms with Crippen molar-refractivity contribution in [3.8, 4) is 5.75 Å². The first kappa shape index (κ1) is 16.7. The first-order chi connectivity index (χ1) is 11.2. The number of amides is 1. The number of carbonyl (C=O) groups is 2. The Morgan fingerprint density at radius 1 is 1.13 bits per heavy atom. The van der Waals surface area contributed by atoms with Gasteiger partial charge in [0.1, 0.15) is 5.75 Å². The molecule has 0 spiro atoms. The van der Waals surface area contributed by atoms with Crippen molar-refractivity contribution in [1.29, 1.82) is 0 Å². The molecular formula is C18H19NO4. The maximum Gasteiger partial charge on any atom is 0.258 e. The SMILES string of the molecule is COCc1cccc(CNC(=O)COc2ccccc2C=O)c1. The lowest BCUT2D eigenvalue weighted by Gasteiger charge is -2.09. The van der Waals surface area contributed by atoms with E-state index < -0.39 is 0 Å². The highest BCUT2D eigenvalue weighted by Gasteiger charge is 2.06. The van der Waals surface area contributed by atoms with Crippen LogP contribution in [-0.4, -0.2) is 25.9 Å². The third-order valence-electron chi connectivity index (χ3n) is 3.20. The fourth-order valence-corrected chi connectivity index (χ4v) is 2.10. The first-order valence-corrected chi connectivity index (χ1v) is 7.23. The normalized spacial score (nSPS) is 10.1. The summed E-state index contributed by atoms with van der Waals surface area (Å²) in [6, 6.07) is 14.6. The lowest BCUT2D eigenvalue weighted by molar-refractivity contribution is -0.123. The summed E-state index contributed by atoms with van der Waals surface area (Å²) < 4.78 is 10.5. The molecule has 0 aromatic heterocycles. The summed E-state index contributed by atoms with van der Waals surface area (Å²) in [6.07, 6.45) is 0.703.